The van der Waals surface area contributed by atoms with Gasteiger partial charge in [0.2, 0.25) is 0 Å². The van der Waals surface area contributed by atoms with Crippen LogP contribution in [0.15, 0.2) is 30.5 Å². The highest BCUT2D eigenvalue weighted by atomic mass is 16.2. The summed E-state index contributed by atoms with van der Waals surface area (Å²) in [6.45, 7) is 9.04. The van der Waals surface area contributed by atoms with Gasteiger partial charge in [-0.25, -0.2) is 9.78 Å². The lowest BCUT2D eigenvalue weighted by atomic mass is 9.50. The Labute approximate surface area is 177 Å². The van der Waals surface area contributed by atoms with Crippen LogP contribution in [0, 0.1) is 33.6 Å². The molecule has 2 amide bonds. The molecule has 30 heavy (non-hydrogen) atoms. The van der Waals surface area contributed by atoms with E-state index in [1.54, 1.807) is 0 Å². The number of benzene rings is 1. The summed E-state index contributed by atoms with van der Waals surface area (Å²) in [5.41, 5.74) is 8.49. The Balaban J connectivity index is 1.42. The number of imidazole rings is 1. The maximum atomic E-state index is 12.6. The first-order chi connectivity index (χ1) is 14.3. The van der Waals surface area contributed by atoms with Gasteiger partial charge in [0.25, 0.3) is 0 Å². The van der Waals surface area contributed by atoms with Crippen molar-refractivity contribution >= 4 is 23.1 Å². The maximum Gasteiger partial charge on any atom is 0.319 e. The summed E-state index contributed by atoms with van der Waals surface area (Å²) in [5, 5.41) is 9.78. The molecular formula is C24H29N5O. The van der Waals surface area contributed by atoms with Crippen molar-refractivity contribution < 1.29 is 4.79 Å². The van der Waals surface area contributed by atoms with Gasteiger partial charge in [0, 0.05) is 24.0 Å². The second kappa shape index (κ2) is 6.76. The summed E-state index contributed by atoms with van der Waals surface area (Å²) in [5.74, 6) is 0.832. The van der Waals surface area contributed by atoms with Crippen molar-refractivity contribution in [1.29, 1.82) is 0 Å². The molecule has 0 unspecified atom stereocenters. The topological polar surface area (TPSA) is 70.5 Å². The van der Waals surface area contributed by atoms with Crippen LogP contribution in [0.25, 0.3) is 5.65 Å². The van der Waals surface area contributed by atoms with Crippen LogP contribution >= 0.6 is 0 Å². The van der Waals surface area contributed by atoms with E-state index in [2.05, 4.69) is 59.3 Å². The van der Waals surface area contributed by atoms with Gasteiger partial charge >= 0.3 is 6.03 Å². The summed E-state index contributed by atoms with van der Waals surface area (Å²) in [4.78, 5) is 17.3. The molecule has 0 radical (unpaired) electrons. The average molecular weight is 404 g/mol. The van der Waals surface area contributed by atoms with Crippen LogP contribution < -0.4 is 16.0 Å². The number of urea groups is 1. The van der Waals surface area contributed by atoms with Gasteiger partial charge in [-0.15, -0.1) is 0 Å². The van der Waals surface area contributed by atoms with E-state index >= 15 is 0 Å². The van der Waals surface area contributed by atoms with Crippen LogP contribution in [0.2, 0.25) is 0 Å². The minimum absolute atomic E-state index is 0.0593. The number of nitrogens with one attached hydrogen (secondary N) is 3. The van der Waals surface area contributed by atoms with Crippen molar-refractivity contribution in [3.8, 4) is 0 Å². The van der Waals surface area contributed by atoms with Gasteiger partial charge in [0.05, 0.1) is 17.1 Å². The van der Waals surface area contributed by atoms with Crippen molar-refractivity contribution in [3.63, 3.8) is 0 Å². The molecule has 2 bridgehead atoms. The number of rotatable bonds is 5. The Kier molecular flexibility index (Phi) is 4.27. The first-order valence-electron chi connectivity index (χ1n) is 10.7. The van der Waals surface area contributed by atoms with Gasteiger partial charge in [-0.2, -0.15) is 0 Å². The van der Waals surface area contributed by atoms with Crippen molar-refractivity contribution in [2.24, 2.45) is 5.92 Å². The first kappa shape index (κ1) is 19.0. The molecule has 0 atom stereocenters. The smallest absolute Gasteiger partial charge is 0.319 e. The SMILES string of the molecule is Cc1cccc(C)c1CNc1cc(NC(=O)NC23CC(C2)C3)cn2c(C)c(C)nc12. The third-order valence-electron chi connectivity index (χ3n) is 6.97. The lowest BCUT2D eigenvalue weighted by molar-refractivity contribution is -0.0390. The largest absolute Gasteiger partial charge is 0.378 e. The van der Waals surface area contributed by atoms with Gasteiger partial charge in [-0.3, -0.25) is 0 Å². The Morgan fingerprint density at radius 1 is 1.17 bits per heavy atom. The summed E-state index contributed by atoms with van der Waals surface area (Å²) >= 11 is 0. The molecule has 0 aliphatic heterocycles. The monoisotopic (exact) mass is 403 g/mol. The third kappa shape index (κ3) is 3.11. The molecule has 3 saturated carbocycles. The second-order valence-corrected chi connectivity index (χ2v) is 9.18. The van der Waals surface area contributed by atoms with Gasteiger partial charge in [0.1, 0.15) is 0 Å². The van der Waals surface area contributed by atoms with Gasteiger partial charge in [-0.05, 0) is 75.6 Å². The number of carbonyl (C=O) groups is 1. The molecule has 2 heterocycles. The Hall–Kier alpha value is -3.02. The minimum atomic E-state index is -0.123. The number of anilines is 2. The van der Waals surface area contributed by atoms with E-state index in [4.69, 9.17) is 4.98 Å². The highest BCUT2D eigenvalue weighted by molar-refractivity contribution is 5.91. The number of carbonyl (C=O) groups excluding carboxylic acids is 1. The molecule has 3 N–H and O–H groups in total. The van der Waals surface area contributed by atoms with Crippen molar-refractivity contribution in [2.45, 2.75) is 59.0 Å². The van der Waals surface area contributed by atoms with Crippen LogP contribution in [0.1, 0.15) is 47.3 Å². The molecule has 2 aromatic heterocycles. The standard InChI is InChI=1S/C24H29N5O/c1-14-6-5-7-15(2)20(14)12-25-21-8-19(13-29-17(4)16(3)26-22(21)29)27-23(30)28-24-9-18(10-24)11-24/h5-8,13,18,25H,9-12H2,1-4H3,(H2,27,28,30). The van der Waals surface area contributed by atoms with Gasteiger partial charge < -0.3 is 20.4 Å². The van der Waals surface area contributed by atoms with E-state index in [0.717, 1.165) is 53.6 Å². The van der Waals surface area contributed by atoms with Crippen LogP contribution in [-0.4, -0.2) is 21.0 Å². The lowest BCUT2D eigenvalue weighted by Gasteiger charge is -2.61. The van der Waals surface area contributed by atoms with E-state index in [1.807, 2.05) is 19.2 Å². The van der Waals surface area contributed by atoms with Crippen LogP contribution in [0.3, 0.4) is 0 Å². The third-order valence-corrected chi connectivity index (χ3v) is 6.97. The Morgan fingerprint density at radius 2 is 1.87 bits per heavy atom. The van der Waals surface area contributed by atoms with E-state index in [0.29, 0.717) is 6.54 Å². The molecule has 0 saturated heterocycles. The molecule has 6 rings (SSSR count). The van der Waals surface area contributed by atoms with Gasteiger partial charge in [-0.1, -0.05) is 18.2 Å². The fraction of sp³-hybridized carbons (Fsp3) is 0.417. The predicted molar refractivity (Wildman–Crippen MR) is 120 cm³/mol. The molecule has 1 aromatic carbocycles. The summed E-state index contributed by atoms with van der Waals surface area (Å²) in [6, 6.07) is 8.22. The second-order valence-electron chi connectivity index (χ2n) is 9.18. The molecule has 6 heteroatoms. The molecular weight excluding hydrogens is 374 g/mol. The fourth-order valence-corrected chi connectivity index (χ4v) is 4.92. The first-order valence-corrected chi connectivity index (χ1v) is 10.7. The lowest BCUT2D eigenvalue weighted by Crippen LogP contribution is -2.68. The molecule has 0 spiro atoms. The maximum absolute atomic E-state index is 12.6. The van der Waals surface area contributed by atoms with Crippen molar-refractivity contribution in [2.75, 3.05) is 10.6 Å². The van der Waals surface area contributed by atoms with E-state index < -0.39 is 0 Å². The number of fused-ring (bicyclic) bond motifs is 1. The zero-order valence-electron chi connectivity index (χ0n) is 18.1. The van der Waals surface area contributed by atoms with Gasteiger partial charge in [0.15, 0.2) is 5.65 Å². The number of aromatic nitrogens is 2. The minimum Gasteiger partial charge on any atom is -0.378 e. The molecule has 3 aliphatic carbocycles. The zero-order valence-corrected chi connectivity index (χ0v) is 18.1. The molecule has 3 aromatic rings. The van der Waals surface area contributed by atoms with E-state index in [1.165, 1.54) is 16.7 Å². The molecule has 6 nitrogen and oxygen atoms in total. The highest BCUT2D eigenvalue weighted by Gasteiger charge is 2.57. The fourth-order valence-electron chi connectivity index (χ4n) is 4.92. The average Bonchev–Trinajstić information content (AvgIpc) is 2.92. The van der Waals surface area contributed by atoms with Crippen molar-refractivity contribution in [1.82, 2.24) is 14.7 Å². The predicted octanol–water partition coefficient (Wildman–Crippen LogP) is 4.85. The number of hydrogen-bond acceptors (Lipinski definition) is 3. The summed E-state index contributed by atoms with van der Waals surface area (Å²) in [6.07, 6.45) is 5.34. The van der Waals surface area contributed by atoms with E-state index in [-0.39, 0.29) is 11.6 Å². The Bertz CT molecular complexity index is 1120. The normalized spacial score (nSPS) is 21.7. The quantitative estimate of drug-likeness (QED) is 0.570. The number of pyridine rings is 1. The van der Waals surface area contributed by atoms with Crippen LogP contribution in [0.5, 0.6) is 0 Å². The Morgan fingerprint density at radius 3 is 2.50 bits per heavy atom. The number of aryl methyl sites for hydroxylation is 4. The van der Waals surface area contributed by atoms with Crippen LogP contribution in [0.4, 0.5) is 16.2 Å². The van der Waals surface area contributed by atoms with Crippen molar-refractivity contribution in [3.05, 3.63) is 58.5 Å². The highest BCUT2D eigenvalue weighted by Crippen LogP contribution is 2.56. The number of amides is 2. The molecule has 3 fully saturated rings. The molecule has 3 aliphatic rings. The summed E-state index contributed by atoms with van der Waals surface area (Å²) < 4.78 is 2.05. The number of hydrogen-bond donors (Lipinski definition) is 3. The summed E-state index contributed by atoms with van der Waals surface area (Å²) in [7, 11) is 0. The van der Waals surface area contributed by atoms with Crippen LogP contribution in [-0.2, 0) is 6.54 Å². The van der Waals surface area contributed by atoms with E-state index in [9.17, 15) is 4.79 Å². The zero-order chi connectivity index (χ0) is 21.0. The molecule has 156 valence electrons. The number of nitrogens with zero attached hydrogens (tertiary/aromatic N) is 2.